The summed E-state index contributed by atoms with van der Waals surface area (Å²) >= 11 is 2.91. The van der Waals surface area contributed by atoms with Crippen molar-refractivity contribution in [3.8, 4) is 0 Å². The summed E-state index contributed by atoms with van der Waals surface area (Å²) in [5.74, 6) is 0. The van der Waals surface area contributed by atoms with Crippen molar-refractivity contribution in [2.45, 2.75) is 39.7 Å². The van der Waals surface area contributed by atoms with Gasteiger partial charge < -0.3 is 5.32 Å². The first-order chi connectivity index (χ1) is 9.34. The van der Waals surface area contributed by atoms with Crippen molar-refractivity contribution in [1.82, 2.24) is 20.5 Å². The minimum absolute atomic E-state index is 0.0173. The summed E-state index contributed by atoms with van der Waals surface area (Å²) < 4.78 is 0. The number of carbonyl (C=O) groups excluding carboxylic acids is 1. The van der Waals surface area contributed by atoms with Crippen LogP contribution in [0, 0.1) is 6.92 Å². The van der Waals surface area contributed by atoms with Crippen LogP contribution in [0.5, 0.6) is 0 Å². The SMILES string of the molecule is Cc1csc(NC(=O)NCc2nnc(C(C)(C)C)s2)n1. The lowest BCUT2D eigenvalue weighted by Gasteiger charge is -2.12. The van der Waals surface area contributed by atoms with E-state index in [4.69, 9.17) is 0 Å². The Labute approximate surface area is 125 Å². The highest BCUT2D eigenvalue weighted by molar-refractivity contribution is 7.14. The third kappa shape index (κ3) is 3.97. The summed E-state index contributed by atoms with van der Waals surface area (Å²) in [5, 5.41) is 17.9. The zero-order valence-corrected chi connectivity index (χ0v) is 13.5. The van der Waals surface area contributed by atoms with Gasteiger partial charge in [-0.2, -0.15) is 0 Å². The van der Waals surface area contributed by atoms with E-state index in [1.165, 1.54) is 22.7 Å². The first-order valence-corrected chi connectivity index (χ1v) is 7.84. The molecule has 0 fully saturated rings. The van der Waals surface area contributed by atoms with Gasteiger partial charge in [-0.1, -0.05) is 32.1 Å². The van der Waals surface area contributed by atoms with Crippen LogP contribution in [0.1, 0.15) is 36.5 Å². The van der Waals surface area contributed by atoms with Crippen molar-refractivity contribution in [1.29, 1.82) is 0 Å². The molecule has 0 saturated heterocycles. The molecule has 0 unspecified atom stereocenters. The molecule has 0 atom stereocenters. The molecule has 6 nitrogen and oxygen atoms in total. The monoisotopic (exact) mass is 311 g/mol. The molecule has 0 aliphatic rings. The fourth-order valence-electron chi connectivity index (χ4n) is 1.34. The second-order valence-electron chi connectivity index (χ2n) is 5.35. The van der Waals surface area contributed by atoms with Crippen LogP contribution in [0.2, 0.25) is 0 Å². The van der Waals surface area contributed by atoms with E-state index in [2.05, 4.69) is 46.6 Å². The van der Waals surface area contributed by atoms with Crippen molar-refractivity contribution in [3.05, 3.63) is 21.1 Å². The lowest BCUT2D eigenvalue weighted by atomic mass is 9.98. The van der Waals surface area contributed by atoms with Crippen LogP contribution in [0.15, 0.2) is 5.38 Å². The summed E-state index contributed by atoms with van der Waals surface area (Å²) in [6.07, 6.45) is 0. The van der Waals surface area contributed by atoms with E-state index in [-0.39, 0.29) is 11.4 Å². The Balaban J connectivity index is 1.86. The summed E-state index contributed by atoms with van der Waals surface area (Å²) in [6, 6.07) is -0.285. The number of aryl methyl sites for hydroxylation is 1. The molecule has 108 valence electrons. The average Bonchev–Trinajstić information content (AvgIpc) is 2.95. The number of nitrogens with one attached hydrogen (secondary N) is 2. The zero-order chi connectivity index (χ0) is 14.8. The van der Waals surface area contributed by atoms with Gasteiger partial charge in [0, 0.05) is 10.8 Å². The summed E-state index contributed by atoms with van der Waals surface area (Å²) in [7, 11) is 0. The molecule has 8 heteroatoms. The Bertz CT molecular complexity index is 599. The van der Waals surface area contributed by atoms with Gasteiger partial charge in [0.1, 0.15) is 10.0 Å². The Morgan fingerprint density at radius 2 is 2.10 bits per heavy atom. The molecule has 0 saturated carbocycles. The van der Waals surface area contributed by atoms with Crippen molar-refractivity contribution in [3.63, 3.8) is 0 Å². The second-order valence-corrected chi connectivity index (χ2v) is 7.27. The number of amides is 2. The maximum absolute atomic E-state index is 11.7. The Hall–Kier alpha value is -1.54. The molecule has 0 aromatic carbocycles. The predicted molar refractivity (Wildman–Crippen MR) is 81.3 cm³/mol. The average molecular weight is 311 g/mol. The molecular weight excluding hydrogens is 294 g/mol. The molecule has 0 spiro atoms. The third-order valence-electron chi connectivity index (χ3n) is 2.35. The number of aromatic nitrogens is 3. The smallest absolute Gasteiger partial charge is 0.321 e. The second kappa shape index (κ2) is 5.84. The minimum atomic E-state index is -0.285. The summed E-state index contributed by atoms with van der Waals surface area (Å²) in [4.78, 5) is 15.9. The minimum Gasteiger partial charge on any atom is -0.331 e. The van der Waals surface area contributed by atoms with Crippen LogP contribution in [0.25, 0.3) is 0 Å². The van der Waals surface area contributed by atoms with Crippen molar-refractivity contribution in [2.24, 2.45) is 0 Å². The van der Waals surface area contributed by atoms with Gasteiger partial charge in [0.05, 0.1) is 12.2 Å². The molecule has 2 aromatic heterocycles. The van der Waals surface area contributed by atoms with Crippen LogP contribution in [-0.4, -0.2) is 21.2 Å². The molecule has 20 heavy (non-hydrogen) atoms. The van der Waals surface area contributed by atoms with E-state index < -0.39 is 0 Å². The molecule has 2 amide bonds. The van der Waals surface area contributed by atoms with E-state index in [0.717, 1.165) is 15.7 Å². The number of hydrogen-bond donors (Lipinski definition) is 2. The van der Waals surface area contributed by atoms with Gasteiger partial charge in [0.25, 0.3) is 0 Å². The van der Waals surface area contributed by atoms with Gasteiger partial charge in [0.15, 0.2) is 5.13 Å². The Morgan fingerprint density at radius 1 is 1.35 bits per heavy atom. The van der Waals surface area contributed by atoms with Gasteiger partial charge in [-0.05, 0) is 6.92 Å². The highest BCUT2D eigenvalue weighted by atomic mass is 32.1. The molecule has 0 bridgehead atoms. The summed E-state index contributed by atoms with van der Waals surface area (Å²) in [6.45, 7) is 8.51. The largest absolute Gasteiger partial charge is 0.331 e. The molecule has 2 heterocycles. The van der Waals surface area contributed by atoms with Crippen LogP contribution >= 0.6 is 22.7 Å². The van der Waals surface area contributed by atoms with Gasteiger partial charge in [0.2, 0.25) is 0 Å². The van der Waals surface area contributed by atoms with Crippen LogP contribution in [-0.2, 0) is 12.0 Å². The normalized spacial score (nSPS) is 11.4. The van der Waals surface area contributed by atoms with E-state index in [1.54, 1.807) is 0 Å². The van der Waals surface area contributed by atoms with Gasteiger partial charge in [-0.15, -0.1) is 21.5 Å². The van der Waals surface area contributed by atoms with E-state index in [9.17, 15) is 4.79 Å². The lowest BCUT2D eigenvalue weighted by Crippen LogP contribution is -2.28. The number of nitrogens with zero attached hydrogens (tertiary/aromatic N) is 3. The molecule has 2 N–H and O–H groups in total. The third-order valence-corrected chi connectivity index (χ3v) is 4.57. The Morgan fingerprint density at radius 3 is 2.65 bits per heavy atom. The van der Waals surface area contributed by atoms with E-state index in [1.807, 2.05) is 12.3 Å². The molecular formula is C12H17N5OS2. The van der Waals surface area contributed by atoms with Crippen LogP contribution in [0.3, 0.4) is 0 Å². The number of thiazole rings is 1. The van der Waals surface area contributed by atoms with Gasteiger partial charge in [-0.3, -0.25) is 5.32 Å². The molecule has 0 radical (unpaired) electrons. The topological polar surface area (TPSA) is 79.8 Å². The number of anilines is 1. The van der Waals surface area contributed by atoms with Crippen LogP contribution in [0.4, 0.5) is 9.93 Å². The van der Waals surface area contributed by atoms with Crippen LogP contribution < -0.4 is 10.6 Å². The number of carbonyl (C=O) groups is 1. The molecule has 2 aromatic rings. The number of urea groups is 1. The zero-order valence-electron chi connectivity index (χ0n) is 11.9. The van der Waals surface area contributed by atoms with Crippen molar-refractivity contribution in [2.75, 3.05) is 5.32 Å². The van der Waals surface area contributed by atoms with Crippen molar-refractivity contribution >= 4 is 33.8 Å². The Kier molecular flexibility index (Phi) is 4.34. The number of rotatable bonds is 3. The molecule has 0 aliphatic heterocycles. The fraction of sp³-hybridized carbons (Fsp3) is 0.500. The standard InChI is InChI=1S/C12H17N5OS2/c1-7-6-19-11(14-7)15-10(18)13-5-8-16-17-9(20-8)12(2,3)4/h6H,5H2,1-4H3,(H2,13,14,15,18). The fourth-order valence-corrected chi connectivity index (χ4v) is 2.86. The van der Waals surface area contributed by atoms with E-state index in [0.29, 0.717) is 11.7 Å². The predicted octanol–water partition coefficient (Wildman–Crippen LogP) is 2.92. The molecule has 2 rings (SSSR count). The first-order valence-electron chi connectivity index (χ1n) is 6.14. The number of hydrogen-bond acceptors (Lipinski definition) is 6. The van der Waals surface area contributed by atoms with Gasteiger partial charge in [-0.25, -0.2) is 9.78 Å². The first kappa shape index (κ1) is 14.9. The summed E-state index contributed by atoms with van der Waals surface area (Å²) in [5.41, 5.74) is 0.876. The maximum atomic E-state index is 11.7. The highest BCUT2D eigenvalue weighted by Crippen LogP contribution is 2.25. The maximum Gasteiger partial charge on any atom is 0.321 e. The van der Waals surface area contributed by atoms with Crippen molar-refractivity contribution < 1.29 is 4.79 Å². The quantitative estimate of drug-likeness (QED) is 0.913. The van der Waals surface area contributed by atoms with E-state index >= 15 is 0 Å². The van der Waals surface area contributed by atoms with Gasteiger partial charge >= 0.3 is 6.03 Å². The lowest BCUT2D eigenvalue weighted by molar-refractivity contribution is 0.251. The highest BCUT2D eigenvalue weighted by Gasteiger charge is 2.19. The molecule has 0 aliphatic carbocycles.